The first-order valence-electron chi connectivity index (χ1n) is 4.37. The summed E-state index contributed by atoms with van der Waals surface area (Å²) in [5, 5.41) is 0. The average Bonchev–Trinajstić information content (AvgIpc) is 2.20. The monoisotopic (exact) mass is 151 g/mol. The van der Waals surface area contributed by atoms with E-state index in [0.29, 0.717) is 11.7 Å². The third kappa shape index (κ3) is 0.605. The van der Waals surface area contributed by atoms with Crippen LogP contribution in [0, 0.1) is 23.7 Å². The summed E-state index contributed by atoms with van der Waals surface area (Å²) in [5.74, 6) is 1.02. The van der Waals surface area contributed by atoms with Gasteiger partial charge in [0.25, 0.3) is 0 Å². The Kier molecular flexibility index (Phi) is 1.13. The smallest absolute Gasteiger partial charge is 0.110 e. The molecule has 0 saturated heterocycles. The Morgan fingerprint density at radius 2 is 2.18 bits per heavy atom. The second-order valence-corrected chi connectivity index (χ2v) is 4.67. The second-order valence-electron chi connectivity index (χ2n) is 4.67. The van der Waals surface area contributed by atoms with Gasteiger partial charge in [0.15, 0.2) is 0 Å². The predicted molar refractivity (Wildman–Crippen MR) is 43.9 cm³/mol. The molecule has 2 fully saturated rings. The second kappa shape index (κ2) is 1.70. The maximum absolute atomic E-state index is 11.5. The van der Waals surface area contributed by atoms with Crippen LogP contribution in [0.1, 0.15) is 33.1 Å². The molecule has 2 atom stereocenters. The summed E-state index contributed by atoms with van der Waals surface area (Å²) in [6.07, 6.45) is 3.02. The molecule has 2 unspecified atom stereocenters. The van der Waals surface area contributed by atoms with Gasteiger partial charge in [-0.15, -0.1) is 0 Å². The highest BCUT2D eigenvalue weighted by atomic mass is 16.1. The van der Waals surface area contributed by atoms with E-state index in [4.69, 9.17) is 0 Å². The van der Waals surface area contributed by atoms with Crippen LogP contribution in [-0.4, -0.2) is 5.78 Å². The van der Waals surface area contributed by atoms with E-state index in [-0.39, 0.29) is 10.8 Å². The summed E-state index contributed by atoms with van der Waals surface area (Å²) in [6, 6.07) is 0. The van der Waals surface area contributed by atoms with Gasteiger partial charge in [0.05, 0.1) is 0 Å². The Bertz CT molecular complexity index is 217. The van der Waals surface area contributed by atoms with Crippen molar-refractivity contribution in [2.45, 2.75) is 33.1 Å². The van der Waals surface area contributed by atoms with Gasteiger partial charge in [0.1, 0.15) is 5.78 Å². The minimum Gasteiger partial charge on any atom is -0.330 e. The first-order valence-corrected chi connectivity index (χ1v) is 4.37. The molecule has 0 spiro atoms. The fourth-order valence-electron chi connectivity index (χ4n) is 2.77. The molecule has 2 aliphatic rings. The Balaban J connectivity index is 2.47. The van der Waals surface area contributed by atoms with Crippen LogP contribution < -0.4 is 0 Å². The topological polar surface area (TPSA) is 17.1 Å². The van der Waals surface area contributed by atoms with Gasteiger partial charge in [0, 0.05) is 6.42 Å². The molecule has 0 N–H and O–H groups in total. The molecule has 0 heterocycles. The zero-order valence-corrected chi connectivity index (χ0v) is 7.31. The standard InChI is InChI=1S/C10H15O/c1-9(2)7-4-5-10(9,3)8(11)6-7/h7H,3-6H2,1-2H3/q-1. The normalized spacial score (nSPS) is 46.8. The van der Waals surface area contributed by atoms with E-state index < -0.39 is 0 Å². The summed E-state index contributed by atoms with van der Waals surface area (Å²) in [5.41, 5.74) is -0.0538. The molecule has 2 saturated carbocycles. The summed E-state index contributed by atoms with van der Waals surface area (Å²) in [6.45, 7) is 8.51. The van der Waals surface area contributed by atoms with Crippen molar-refractivity contribution >= 4 is 5.78 Å². The highest BCUT2D eigenvalue weighted by Gasteiger charge is 2.56. The van der Waals surface area contributed by atoms with E-state index in [1.165, 1.54) is 6.42 Å². The SMILES string of the molecule is [CH2-]C12CCC(CC1=O)C2(C)C. The van der Waals surface area contributed by atoms with Gasteiger partial charge in [-0.3, -0.25) is 0 Å². The number of hydrogen-bond acceptors (Lipinski definition) is 1. The van der Waals surface area contributed by atoms with Crippen molar-refractivity contribution in [3.63, 3.8) is 0 Å². The third-order valence-corrected chi connectivity index (χ3v) is 4.14. The summed E-state index contributed by atoms with van der Waals surface area (Å²) < 4.78 is 0. The molecular weight excluding hydrogens is 136 g/mol. The number of rotatable bonds is 0. The van der Waals surface area contributed by atoms with Crippen LogP contribution in [0.25, 0.3) is 0 Å². The van der Waals surface area contributed by atoms with Crippen LogP contribution in [0.5, 0.6) is 0 Å². The molecular formula is C10H15O-. The predicted octanol–water partition coefficient (Wildman–Crippen LogP) is 2.22. The lowest BCUT2D eigenvalue weighted by Crippen LogP contribution is -2.32. The summed E-state index contributed by atoms with van der Waals surface area (Å²) in [4.78, 5) is 11.5. The fraction of sp³-hybridized carbons (Fsp3) is 0.800. The van der Waals surface area contributed by atoms with Crippen molar-refractivity contribution in [3.05, 3.63) is 6.92 Å². The van der Waals surface area contributed by atoms with Crippen LogP contribution in [0.2, 0.25) is 0 Å². The number of carbonyl (C=O) groups excluding carboxylic acids is 1. The van der Waals surface area contributed by atoms with Gasteiger partial charge in [-0.1, -0.05) is 32.1 Å². The van der Waals surface area contributed by atoms with E-state index >= 15 is 0 Å². The molecule has 11 heavy (non-hydrogen) atoms. The van der Waals surface area contributed by atoms with Gasteiger partial charge in [-0.25, -0.2) is 0 Å². The molecule has 62 valence electrons. The molecule has 0 aromatic rings. The minimum absolute atomic E-state index is 0.171. The lowest BCUT2D eigenvalue weighted by atomic mass is 9.70. The summed E-state index contributed by atoms with van der Waals surface area (Å²) in [7, 11) is 0. The molecule has 0 amide bonds. The Labute approximate surface area is 68.2 Å². The number of fused-ring (bicyclic) bond motifs is 2. The van der Waals surface area contributed by atoms with E-state index in [1.54, 1.807) is 0 Å². The van der Waals surface area contributed by atoms with E-state index in [9.17, 15) is 4.79 Å². The molecule has 0 aromatic heterocycles. The van der Waals surface area contributed by atoms with Gasteiger partial charge < -0.3 is 11.7 Å². The van der Waals surface area contributed by atoms with Crippen LogP contribution in [0.4, 0.5) is 0 Å². The molecule has 0 aromatic carbocycles. The maximum atomic E-state index is 11.5. The van der Waals surface area contributed by atoms with E-state index in [1.807, 2.05) is 0 Å². The Morgan fingerprint density at radius 3 is 2.36 bits per heavy atom. The summed E-state index contributed by atoms with van der Waals surface area (Å²) >= 11 is 0. The van der Waals surface area contributed by atoms with E-state index in [0.717, 1.165) is 12.8 Å². The van der Waals surface area contributed by atoms with Crippen molar-refractivity contribution in [2.24, 2.45) is 16.7 Å². The van der Waals surface area contributed by atoms with Crippen LogP contribution in [-0.2, 0) is 4.79 Å². The van der Waals surface area contributed by atoms with Crippen LogP contribution in [0.15, 0.2) is 0 Å². The van der Waals surface area contributed by atoms with Crippen molar-refractivity contribution in [1.29, 1.82) is 0 Å². The van der Waals surface area contributed by atoms with Crippen LogP contribution >= 0.6 is 0 Å². The fourth-order valence-corrected chi connectivity index (χ4v) is 2.77. The van der Waals surface area contributed by atoms with Gasteiger partial charge in [0.2, 0.25) is 0 Å². The largest absolute Gasteiger partial charge is 0.330 e. The molecule has 2 aliphatic carbocycles. The average molecular weight is 151 g/mol. The lowest BCUT2D eigenvalue weighted by Gasteiger charge is -2.39. The quantitative estimate of drug-likeness (QED) is 0.485. The Morgan fingerprint density at radius 1 is 1.55 bits per heavy atom. The van der Waals surface area contributed by atoms with Crippen molar-refractivity contribution in [2.75, 3.05) is 0 Å². The zero-order valence-electron chi connectivity index (χ0n) is 7.31. The number of Topliss-reactive ketones (excluding diaryl/α,β-unsaturated/α-hetero) is 1. The van der Waals surface area contributed by atoms with Crippen molar-refractivity contribution in [3.8, 4) is 0 Å². The number of ketones is 1. The lowest BCUT2D eigenvalue weighted by molar-refractivity contribution is -0.126. The minimum atomic E-state index is -0.225. The Hall–Kier alpha value is -0.330. The molecule has 0 aliphatic heterocycles. The highest BCUT2D eigenvalue weighted by Crippen LogP contribution is 2.63. The van der Waals surface area contributed by atoms with Crippen molar-refractivity contribution in [1.82, 2.24) is 0 Å². The first kappa shape index (κ1) is 7.33. The molecule has 1 nitrogen and oxygen atoms in total. The number of hydrogen-bond donors (Lipinski definition) is 0. The van der Waals surface area contributed by atoms with Gasteiger partial charge in [-0.2, -0.15) is 0 Å². The number of carbonyl (C=O) groups is 1. The van der Waals surface area contributed by atoms with Gasteiger partial charge >= 0.3 is 0 Å². The molecule has 2 bridgehead atoms. The van der Waals surface area contributed by atoms with Crippen LogP contribution in [0.3, 0.4) is 0 Å². The zero-order chi connectivity index (χ0) is 8.28. The molecule has 1 heteroatoms. The third-order valence-electron chi connectivity index (χ3n) is 4.14. The molecule has 0 radical (unpaired) electrons. The molecule has 2 rings (SSSR count). The first-order chi connectivity index (χ1) is 4.98. The van der Waals surface area contributed by atoms with E-state index in [2.05, 4.69) is 20.8 Å². The van der Waals surface area contributed by atoms with Gasteiger partial charge in [-0.05, 0) is 11.3 Å². The highest BCUT2D eigenvalue weighted by molar-refractivity contribution is 5.90. The van der Waals surface area contributed by atoms with Crippen molar-refractivity contribution < 1.29 is 4.79 Å². The maximum Gasteiger partial charge on any atom is 0.110 e.